The summed E-state index contributed by atoms with van der Waals surface area (Å²) in [5.74, 6) is 0.768. The average Bonchev–Trinajstić information content (AvgIpc) is 3.18. The van der Waals surface area contributed by atoms with Gasteiger partial charge in [-0.2, -0.15) is 0 Å². The summed E-state index contributed by atoms with van der Waals surface area (Å²) in [6.45, 7) is 5.89. The lowest BCUT2D eigenvalue weighted by Gasteiger charge is -2.20. The van der Waals surface area contributed by atoms with Gasteiger partial charge in [0.05, 0.1) is 12.2 Å². The topological polar surface area (TPSA) is 18.5 Å². The van der Waals surface area contributed by atoms with Crippen molar-refractivity contribution in [1.29, 1.82) is 0 Å². The van der Waals surface area contributed by atoms with Gasteiger partial charge in [0.2, 0.25) is 0 Å². The fourth-order valence-corrected chi connectivity index (χ4v) is 5.32. The van der Waals surface area contributed by atoms with Crippen molar-refractivity contribution in [2.45, 2.75) is 153 Å². The van der Waals surface area contributed by atoms with Crippen LogP contribution in [0.4, 0.5) is 0 Å². The molecule has 2 nitrogen and oxygen atoms in total. The number of rotatable bonds is 17. The standard InChI is InChI=1S/C29H54O2/c1-2-3-4-5-6-7-8-9-10-11-14-17-25-30-29-22-18-19-27(23-24-29)26-31-28-20-15-12-13-16-21-28/h12,27-29H,1-11,13-26H2. The third-order valence-corrected chi connectivity index (χ3v) is 7.48. The minimum absolute atomic E-state index is 0.515. The van der Waals surface area contributed by atoms with E-state index in [-0.39, 0.29) is 0 Å². The molecule has 2 saturated carbocycles. The van der Waals surface area contributed by atoms with E-state index in [1.54, 1.807) is 0 Å². The van der Waals surface area contributed by atoms with E-state index in [0.29, 0.717) is 12.2 Å². The van der Waals surface area contributed by atoms with Gasteiger partial charge in [0.15, 0.2) is 0 Å². The number of hydrogen-bond acceptors (Lipinski definition) is 2. The molecule has 0 aromatic heterocycles. The Morgan fingerprint density at radius 1 is 0.581 bits per heavy atom. The lowest BCUT2D eigenvalue weighted by molar-refractivity contribution is 0.0141. The van der Waals surface area contributed by atoms with E-state index >= 15 is 0 Å². The highest BCUT2D eigenvalue weighted by atomic mass is 16.5. The van der Waals surface area contributed by atoms with Crippen LogP contribution in [-0.2, 0) is 9.47 Å². The Labute approximate surface area is 195 Å². The van der Waals surface area contributed by atoms with Gasteiger partial charge in [-0.25, -0.2) is 0 Å². The van der Waals surface area contributed by atoms with Crippen molar-refractivity contribution in [3.8, 4) is 0 Å². The van der Waals surface area contributed by atoms with E-state index < -0.39 is 0 Å². The molecular weight excluding hydrogens is 380 g/mol. The molecule has 0 heterocycles. The van der Waals surface area contributed by atoms with Crippen LogP contribution in [0.5, 0.6) is 0 Å². The Kier molecular flexibility index (Phi) is 17.0. The van der Waals surface area contributed by atoms with Crippen molar-refractivity contribution in [2.75, 3.05) is 13.2 Å². The van der Waals surface area contributed by atoms with Crippen LogP contribution in [-0.4, -0.2) is 25.4 Å². The second kappa shape index (κ2) is 19.4. The molecule has 0 aliphatic heterocycles. The first kappa shape index (κ1) is 27.2. The second-order valence-corrected chi connectivity index (χ2v) is 10.4. The quantitative estimate of drug-likeness (QED) is 0.168. The van der Waals surface area contributed by atoms with Crippen molar-refractivity contribution in [2.24, 2.45) is 5.92 Å². The minimum Gasteiger partial charge on any atom is -0.378 e. The molecular formula is C29H54O2. The molecule has 0 aromatic carbocycles. The first-order valence-electron chi connectivity index (χ1n) is 14.2. The highest BCUT2D eigenvalue weighted by Crippen LogP contribution is 2.27. The summed E-state index contributed by atoms with van der Waals surface area (Å²) < 4.78 is 12.6. The molecule has 0 spiro atoms. The van der Waals surface area contributed by atoms with E-state index in [4.69, 9.17) is 9.47 Å². The zero-order valence-corrected chi connectivity index (χ0v) is 20.8. The third-order valence-electron chi connectivity index (χ3n) is 7.48. The molecule has 2 aliphatic rings. The molecule has 0 bridgehead atoms. The minimum atomic E-state index is 0.515. The largest absolute Gasteiger partial charge is 0.378 e. The van der Waals surface area contributed by atoms with Crippen LogP contribution in [0.25, 0.3) is 0 Å². The van der Waals surface area contributed by atoms with Crippen LogP contribution in [0, 0.1) is 19.3 Å². The van der Waals surface area contributed by atoms with Gasteiger partial charge in [0.1, 0.15) is 0 Å². The highest BCUT2D eigenvalue weighted by molar-refractivity contribution is 4.76. The SMILES string of the molecule is [CH2]CCCCCCCCCCCCCOC1CCCC(COC2CC[CH]CCC2)CC1. The molecule has 3 unspecified atom stereocenters. The van der Waals surface area contributed by atoms with Crippen LogP contribution in [0.2, 0.25) is 0 Å². The van der Waals surface area contributed by atoms with E-state index in [2.05, 4.69) is 13.3 Å². The van der Waals surface area contributed by atoms with E-state index in [1.165, 1.54) is 135 Å². The summed E-state index contributed by atoms with van der Waals surface area (Å²) in [6.07, 6.45) is 32.8. The molecule has 182 valence electrons. The van der Waals surface area contributed by atoms with Gasteiger partial charge in [-0.1, -0.05) is 96.8 Å². The third kappa shape index (κ3) is 14.6. The van der Waals surface area contributed by atoms with Gasteiger partial charge in [0.25, 0.3) is 0 Å². The lowest BCUT2D eigenvalue weighted by Crippen LogP contribution is -2.18. The molecule has 2 heteroatoms. The normalized spacial score (nSPS) is 23.5. The number of hydrogen-bond donors (Lipinski definition) is 0. The van der Waals surface area contributed by atoms with E-state index in [9.17, 15) is 0 Å². The Hall–Kier alpha value is -0.0800. The van der Waals surface area contributed by atoms with E-state index in [1.807, 2.05) is 0 Å². The number of ether oxygens (including phenoxy) is 2. The molecule has 2 rings (SSSR count). The maximum atomic E-state index is 6.31. The summed E-state index contributed by atoms with van der Waals surface area (Å²) in [6, 6.07) is 0. The fourth-order valence-electron chi connectivity index (χ4n) is 5.32. The Morgan fingerprint density at radius 2 is 1.23 bits per heavy atom. The first-order valence-corrected chi connectivity index (χ1v) is 14.2. The lowest BCUT2D eigenvalue weighted by atomic mass is 10.0. The van der Waals surface area contributed by atoms with Crippen molar-refractivity contribution in [3.05, 3.63) is 13.3 Å². The van der Waals surface area contributed by atoms with Gasteiger partial charge < -0.3 is 9.47 Å². The molecule has 0 saturated heterocycles. The maximum Gasteiger partial charge on any atom is 0.0575 e. The van der Waals surface area contributed by atoms with Gasteiger partial charge in [0, 0.05) is 13.2 Å². The smallest absolute Gasteiger partial charge is 0.0575 e. The molecule has 2 fully saturated rings. The summed E-state index contributed by atoms with van der Waals surface area (Å²) in [5.41, 5.74) is 0. The zero-order chi connectivity index (χ0) is 21.8. The summed E-state index contributed by atoms with van der Waals surface area (Å²) in [5, 5.41) is 0. The van der Waals surface area contributed by atoms with Crippen LogP contribution >= 0.6 is 0 Å². The summed E-state index contributed by atoms with van der Waals surface area (Å²) in [7, 11) is 0. The summed E-state index contributed by atoms with van der Waals surface area (Å²) in [4.78, 5) is 0. The molecule has 31 heavy (non-hydrogen) atoms. The summed E-state index contributed by atoms with van der Waals surface area (Å²) >= 11 is 0. The zero-order valence-electron chi connectivity index (χ0n) is 20.8. The van der Waals surface area contributed by atoms with Crippen molar-refractivity contribution in [1.82, 2.24) is 0 Å². The van der Waals surface area contributed by atoms with Crippen LogP contribution < -0.4 is 0 Å². The fraction of sp³-hybridized carbons (Fsp3) is 0.931. The predicted octanol–water partition coefficient (Wildman–Crippen LogP) is 9.02. The van der Waals surface area contributed by atoms with Gasteiger partial charge in [-0.3, -0.25) is 0 Å². The van der Waals surface area contributed by atoms with Gasteiger partial charge >= 0.3 is 0 Å². The Morgan fingerprint density at radius 3 is 1.97 bits per heavy atom. The van der Waals surface area contributed by atoms with E-state index in [0.717, 1.165) is 25.6 Å². The molecule has 2 radical (unpaired) electrons. The Bertz CT molecular complexity index is 375. The van der Waals surface area contributed by atoms with Crippen LogP contribution in [0.1, 0.15) is 141 Å². The maximum absolute atomic E-state index is 6.31. The molecule has 2 aliphatic carbocycles. The van der Waals surface area contributed by atoms with Gasteiger partial charge in [-0.15, -0.1) is 0 Å². The van der Waals surface area contributed by atoms with Crippen molar-refractivity contribution >= 4 is 0 Å². The van der Waals surface area contributed by atoms with Crippen molar-refractivity contribution < 1.29 is 9.47 Å². The number of unbranched alkanes of at least 4 members (excludes halogenated alkanes) is 11. The monoisotopic (exact) mass is 434 g/mol. The van der Waals surface area contributed by atoms with Crippen LogP contribution in [0.15, 0.2) is 0 Å². The Balaban J connectivity index is 1.37. The molecule has 0 aromatic rings. The second-order valence-electron chi connectivity index (χ2n) is 10.4. The predicted molar refractivity (Wildman–Crippen MR) is 134 cm³/mol. The van der Waals surface area contributed by atoms with Gasteiger partial charge in [-0.05, 0) is 63.7 Å². The molecule has 3 atom stereocenters. The molecule has 0 N–H and O–H groups in total. The van der Waals surface area contributed by atoms with Crippen molar-refractivity contribution in [3.63, 3.8) is 0 Å². The average molecular weight is 435 g/mol. The molecule has 0 amide bonds. The van der Waals surface area contributed by atoms with Crippen LogP contribution in [0.3, 0.4) is 0 Å². The highest BCUT2D eigenvalue weighted by Gasteiger charge is 2.21. The first-order chi connectivity index (χ1) is 15.4.